The number of benzene rings is 2. The van der Waals surface area contributed by atoms with E-state index in [1.165, 1.54) is 17.7 Å². The minimum Gasteiger partial charge on any atom is -0.304 e. The van der Waals surface area contributed by atoms with E-state index in [4.69, 9.17) is 0 Å². The molecule has 0 spiro atoms. The van der Waals surface area contributed by atoms with E-state index < -0.39 is 0 Å². The molecule has 0 radical (unpaired) electrons. The van der Waals surface area contributed by atoms with Crippen molar-refractivity contribution in [2.75, 3.05) is 33.2 Å². The molecule has 6 nitrogen and oxygen atoms in total. The van der Waals surface area contributed by atoms with Gasteiger partial charge in [0.1, 0.15) is 5.82 Å². The number of rotatable bonds is 5. The first kappa shape index (κ1) is 17.8. The van der Waals surface area contributed by atoms with E-state index in [1.807, 2.05) is 22.9 Å². The average Bonchev–Trinajstić information content (AvgIpc) is 3.14. The Balaban J connectivity index is 1.66. The van der Waals surface area contributed by atoms with Crippen LogP contribution in [-0.4, -0.2) is 63.2 Å². The fourth-order valence-corrected chi connectivity index (χ4v) is 3.52. The molecule has 0 saturated carbocycles. The fourth-order valence-electron chi connectivity index (χ4n) is 3.52. The highest BCUT2D eigenvalue weighted by molar-refractivity contribution is 5.25. The molecule has 4 rings (SSSR count). The lowest BCUT2D eigenvalue weighted by Crippen LogP contribution is -2.46. The molecule has 7 heteroatoms. The number of piperazine rings is 1. The Bertz CT molecular complexity index is 856. The first-order valence-corrected chi connectivity index (χ1v) is 9.19. The third-order valence-corrected chi connectivity index (χ3v) is 5.07. The molecule has 3 aromatic rings. The summed E-state index contributed by atoms with van der Waals surface area (Å²) < 4.78 is 15.0. The molecular weight excluding hydrogens is 343 g/mol. The lowest BCUT2D eigenvalue weighted by atomic mass is 10.0. The van der Waals surface area contributed by atoms with E-state index in [0.717, 1.165) is 37.6 Å². The van der Waals surface area contributed by atoms with Gasteiger partial charge in [0.15, 0.2) is 5.82 Å². The number of likely N-dealkylation sites (N-methyl/N-ethyl adjacent to an activating group) is 1. The molecule has 0 bridgehead atoms. The van der Waals surface area contributed by atoms with Gasteiger partial charge < -0.3 is 4.90 Å². The second-order valence-electron chi connectivity index (χ2n) is 6.97. The number of hydrogen-bond acceptors (Lipinski definition) is 5. The highest BCUT2D eigenvalue weighted by Gasteiger charge is 2.29. The van der Waals surface area contributed by atoms with Gasteiger partial charge in [-0.25, -0.2) is 9.07 Å². The molecule has 1 atom stereocenters. The average molecular weight is 366 g/mol. The fraction of sp³-hybridized carbons (Fsp3) is 0.350. The van der Waals surface area contributed by atoms with Crippen molar-refractivity contribution in [2.45, 2.75) is 12.6 Å². The van der Waals surface area contributed by atoms with Crippen molar-refractivity contribution in [3.05, 3.63) is 77.4 Å². The molecule has 1 aliphatic heterocycles. The number of nitrogens with zero attached hydrogens (tertiary/aromatic N) is 6. The Morgan fingerprint density at radius 2 is 1.67 bits per heavy atom. The second-order valence-corrected chi connectivity index (χ2v) is 6.97. The number of aromatic nitrogens is 4. The third-order valence-electron chi connectivity index (χ3n) is 5.07. The first-order chi connectivity index (χ1) is 13.2. The summed E-state index contributed by atoms with van der Waals surface area (Å²) in [6.07, 6.45) is 0. The smallest absolute Gasteiger partial charge is 0.173 e. The van der Waals surface area contributed by atoms with Crippen LogP contribution in [-0.2, 0) is 6.54 Å². The van der Waals surface area contributed by atoms with E-state index in [-0.39, 0.29) is 11.9 Å². The molecule has 140 valence electrons. The molecule has 1 fully saturated rings. The van der Waals surface area contributed by atoms with Gasteiger partial charge in [-0.3, -0.25) is 4.90 Å². The highest BCUT2D eigenvalue weighted by Crippen LogP contribution is 2.28. The van der Waals surface area contributed by atoms with Gasteiger partial charge in [0.05, 0.1) is 12.6 Å². The second kappa shape index (κ2) is 7.94. The van der Waals surface area contributed by atoms with E-state index >= 15 is 0 Å². The molecule has 0 amide bonds. The summed E-state index contributed by atoms with van der Waals surface area (Å²) in [7, 11) is 2.15. The van der Waals surface area contributed by atoms with E-state index in [9.17, 15) is 4.39 Å². The molecule has 27 heavy (non-hydrogen) atoms. The van der Waals surface area contributed by atoms with Crippen LogP contribution in [0.5, 0.6) is 0 Å². The van der Waals surface area contributed by atoms with Gasteiger partial charge in [-0.2, -0.15) is 0 Å². The Kier molecular flexibility index (Phi) is 5.22. The largest absolute Gasteiger partial charge is 0.304 e. The van der Waals surface area contributed by atoms with Crippen LogP contribution in [0.15, 0.2) is 54.6 Å². The number of hydrogen-bond donors (Lipinski definition) is 0. The Morgan fingerprint density at radius 3 is 2.37 bits per heavy atom. The van der Waals surface area contributed by atoms with Crippen LogP contribution in [0.3, 0.4) is 0 Å². The SMILES string of the molecule is CN1CCN([C@H](c2ccccc2)c2nnnn2Cc2ccc(F)cc2)CC1. The van der Waals surface area contributed by atoms with Gasteiger partial charge in [0, 0.05) is 26.2 Å². The monoisotopic (exact) mass is 366 g/mol. The molecule has 0 unspecified atom stereocenters. The van der Waals surface area contributed by atoms with Crippen molar-refractivity contribution in [1.82, 2.24) is 30.0 Å². The summed E-state index contributed by atoms with van der Waals surface area (Å²) in [4.78, 5) is 4.77. The first-order valence-electron chi connectivity index (χ1n) is 9.19. The summed E-state index contributed by atoms with van der Waals surface area (Å²) >= 11 is 0. The van der Waals surface area contributed by atoms with Crippen LogP contribution in [0.25, 0.3) is 0 Å². The summed E-state index contributed by atoms with van der Waals surface area (Å²) in [6.45, 7) is 4.46. The van der Waals surface area contributed by atoms with Crippen molar-refractivity contribution in [1.29, 1.82) is 0 Å². The van der Waals surface area contributed by atoms with E-state index in [1.54, 1.807) is 12.1 Å². The van der Waals surface area contributed by atoms with Gasteiger partial charge in [-0.15, -0.1) is 5.10 Å². The summed E-state index contributed by atoms with van der Waals surface area (Å²) in [5, 5.41) is 12.5. The van der Waals surface area contributed by atoms with Crippen LogP contribution in [0, 0.1) is 5.82 Å². The van der Waals surface area contributed by atoms with Crippen molar-refractivity contribution < 1.29 is 4.39 Å². The predicted molar refractivity (Wildman–Crippen MR) is 101 cm³/mol. The van der Waals surface area contributed by atoms with Crippen molar-refractivity contribution >= 4 is 0 Å². The van der Waals surface area contributed by atoms with Gasteiger partial charge in [-0.05, 0) is 40.7 Å². The van der Waals surface area contributed by atoms with Crippen LogP contribution < -0.4 is 0 Å². The quantitative estimate of drug-likeness (QED) is 0.693. The molecule has 1 saturated heterocycles. The zero-order valence-electron chi connectivity index (χ0n) is 15.4. The number of tetrazole rings is 1. The molecule has 1 aliphatic rings. The lowest BCUT2D eigenvalue weighted by Gasteiger charge is -2.37. The van der Waals surface area contributed by atoms with Crippen molar-refractivity contribution in [2.24, 2.45) is 0 Å². The third kappa shape index (κ3) is 4.04. The van der Waals surface area contributed by atoms with Crippen LogP contribution >= 0.6 is 0 Å². The van der Waals surface area contributed by atoms with Gasteiger partial charge in [-0.1, -0.05) is 42.5 Å². The van der Waals surface area contributed by atoms with Gasteiger partial charge in [0.2, 0.25) is 0 Å². The molecular formula is C20H23FN6. The molecule has 2 aromatic carbocycles. The number of halogens is 1. The molecule has 0 aliphatic carbocycles. The Labute approximate surface area is 158 Å². The minimum atomic E-state index is -0.240. The van der Waals surface area contributed by atoms with E-state index in [2.05, 4.69) is 44.5 Å². The Morgan fingerprint density at radius 1 is 0.963 bits per heavy atom. The molecule has 0 N–H and O–H groups in total. The minimum absolute atomic E-state index is 0.00431. The van der Waals surface area contributed by atoms with E-state index in [0.29, 0.717) is 6.54 Å². The Hall–Kier alpha value is -2.64. The highest BCUT2D eigenvalue weighted by atomic mass is 19.1. The summed E-state index contributed by atoms with van der Waals surface area (Å²) in [5.41, 5.74) is 2.15. The molecule has 2 heterocycles. The zero-order chi connectivity index (χ0) is 18.6. The normalized spacial score (nSPS) is 17.1. The maximum atomic E-state index is 13.2. The lowest BCUT2D eigenvalue weighted by molar-refractivity contribution is 0.121. The van der Waals surface area contributed by atoms with Crippen molar-refractivity contribution in [3.63, 3.8) is 0 Å². The van der Waals surface area contributed by atoms with Crippen molar-refractivity contribution in [3.8, 4) is 0 Å². The van der Waals surface area contributed by atoms with Crippen LogP contribution in [0.2, 0.25) is 0 Å². The topological polar surface area (TPSA) is 50.1 Å². The predicted octanol–water partition coefficient (Wildman–Crippen LogP) is 2.20. The van der Waals surface area contributed by atoms with Crippen LogP contribution in [0.4, 0.5) is 4.39 Å². The van der Waals surface area contributed by atoms with Crippen LogP contribution in [0.1, 0.15) is 23.0 Å². The molecule has 1 aromatic heterocycles. The zero-order valence-corrected chi connectivity index (χ0v) is 15.4. The van der Waals surface area contributed by atoms with Gasteiger partial charge in [0.25, 0.3) is 0 Å². The maximum Gasteiger partial charge on any atom is 0.173 e. The van der Waals surface area contributed by atoms with Gasteiger partial charge >= 0.3 is 0 Å². The summed E-state index contributed by atoms with van der Waals surface area (Å²) in [6, 6.07) is 16.8. The summed E-state index contributed by atoms with van der Waals surface area (Å²) in [5.74, 6) is 0.574. The standard InChI is InChI=1S/C20H23FN6/c1-25-11-13-26(14-12-25)19(17-5-3-2-4-6-17)20-22-23-24-27(20)15-16-7-9-18(21)10-8-16/h2-10,19H,11-15H2,1H3/t19-/m1/s1. The maximum absolute atomic E-state index is 13.2.